The molecule has 0 saturated carbocycles. The van der Waals surface area contributed by atoms with Gasteiger partial charge in [-0.25, -0.2) is 4.68 Å². The molecule has 112 valence electrons. The molecule has 7 heteroatoms. The van der Waals surface area contributed by atoms with Crippen LogP contribution in [-0.2, 0) is 6.54 Å². The van der Waals surface area contributed by atoms with Crippen molar-refractivity contribution < 1.29 is 4.52 Å². The minimum atomic E-state index is -0.188. The molecule has 0 fully saturated rings. The van der Waals surface area contributed by atoms with Crippen LogP contribution in [0.15, 0.2) is 64.3 Å². The molecule has 0 aliphatic heterocycles. The number of hydrogen-bond acceptors (Lipinski definition) is 6. The van der Waals surface area contributed by atoms with Crippen molar-refractivity contribution in [2.24, 2.45) is 0 Å². The summed E-state index contributed by atoms with van der Waals surface area (Å²) in [6.07, 6.45) is 4.96. The highest BCUT2D eigenvalue weighted by atomic mass is 16.5. The lowest BCUT2D eigenvalue weighted by atomic mass is 10.2. The lowest BCUT2D eigenvalue weighted by Crippen LogP contribution is -2.23. The first-order valence-corrected chi connectivity index (χ1v) is 6.99. The van der Waals surface area contributed by atoms with Crippen LogP contribution in [0.2, 0.25) is 0 Å². The highest BCUT2D eigenvalue weighted by Gasteiger charge is 2.11. The predicted molar refractivity (Wildman–Crippen MR) is 82.6 cm³/mol. The zero-order chi connectivity index (χ0) is 15.6. The van der Waals surface area contributed by atoms with E-state index in [1.165, 1.54) is 4.68 Å². The summed E-state index contributed by atoms with van der Waals surface area (Å²) in [5.41, 5.74) is 0.612. The van der Waals surface area contributed by atoms with Gasteiger partial charge in [0, 0.05) is 23.3 Å². The second-order valence-electron chi connectivity index (χ2n) is 4.94. The van der Waals surface area contributed by atoms with E-state index in [-0.39, 0.29) is 12.1 Å². The van der Waals surface area contributed by atoms with Crippen LogP contribution in [0.1, 0.15) is 5.89 Å². The van der Waals surface area contributed by atoms with Crippen molar-refractivity contribution in [3.8, 4) is 11.4 Å². The van der Waals surface area contributed by atoms with E-state index in [1.54, 1.807) is 36.8 Å². The van der Waals surface area contributed by atoms with E-state index in [0.29, 0.717) is 17.1 Å². The van der Waals surface area contributed by atoms with Gasteiger partial charge >= 0.3 is 0 Å². The van der Waals surface area contributed by atoms with Gasteiger partial charge in [-0.15, -0.1) is 0 Å². The van der Waals surface area contributed by atoms with Crippen LogP contribution in [0.4, 0.5) is 0 Å². The van der Waals surface area contributed by atoms with Crippen LogP contribution in [0.3, 0.4) is 0 Å². The zero-order valence-corrected chi connectivity index (χ0v) is 12.0. The monoisotopic (exact) mass is 305 g/mol. The number of pyridine rings is 1. The van der Waals surface area contributed by atoms with E-state index in [4.69, 9.17) is 4.52 Å². The van der Waals surface area contributed by atoms with Gasteiger partial charge in [-0.2, -0.15) is 10.1 Å². The lowest BCUT2D eigenvalue weighted by Gasteiger charge is -2.02. The Labute approximate surface area is 130 Å². The molecule has 0 atom stereocenters. The topological polar surface area (TPSA) is 86.7 Å². The van der Waals surface area contributed by atoms with Gasteiger partial charge in [-0.1, -0.05) is 23.4 Å². The molecule has 0 N–H and O–H groups in total. The van der Waals surface area contributed by atoms with E-state index in [0.717, 1.165) is 10.9 Å². The molecule has 23 heavy (non-hydrogen) atoms. The third-order valence-corrected chi connectivity index (χ3v) is 3.45. The molecule has 0 aliphatic carbocycles. The van der Waals surface area contributed by atoms with Gasteiger partial charge < -0.3 is 4.52 Å². The van der Waals surface area contributed by atoms with E-state index in [2.05, 4.69) is 20.2 Å². The Morgan fingerprint density at radius 2 is 1.91 bits per heavy atom. The maximum atomic E-state index is 12.4. The fourth-order valence-corrected chi connectivity index (χ4v) is 2.31. The molecule has 0 saturated heterocycles. The molecule has 7 nitrogen and oxygen atoms in total. The molecule has 3 heterocycles. The highest BCUT2D eigenvalue weighted by molar-refractivity contribution is 5.80. The van der Waals surface area contributed by atoms with Crippen molar-refractivity contribution in [1.82, 2.24) is 24.9 Å². The van der Waals surface area contributed by atoms with Gasteiger partial charge in [0.05, 0.1) is 11.6 Å². The Bertz CT molecular complexity index is 1020. The highest BCUT2D eigenvalue weighted by Crippen LogP contribution is 2.14. The van der Waals surface area contributed by atoms with Crippen molar-refractivity contribution in [3.05, 3.63) is 71.2 Å². The van der Waals surface area contributed by atoms with E-state index < -0.39 is 0 Å². The molecule has 0 radical (unpaired) electrons. The number of aromatic nitrogens is 5. The summed E-state index contributed by atoms with van der Waals surface area (Å²) in [5.74, 6) is 0.776. The molecule has 0 spiro atoms. The molecule has 0 unspecified atom stereocenters. The molecular formula is C16H11N5O2. The summed E-state index contributed by atoms with van der Waals surface area (Å²) < 4.78 is 6.52. The first-order valence-electron chi connectivity index (χ1n) is 6.99. The van der Waals surface area contributed by atoms with Crippen LogP contribution in [-0.4, -0.2) is 24.9 Å². The third-order valence-electron chi connectivity index (χ3n) is 3.45. The predicted octanol–water partition coefficient (Wildman–Crippen LogP) is 1.89. The zero-order valence-electron chi connectivity index (χ0n) is 12.0. The molecule has 1 aromatic carbocycles. The van der Waals surface area contributed by atoms with Crippen molar-refractivity contribution in [2.45, 2.75) is 6.54 Å². The number of fused-ring (bicyclic) bond motifs is 1. The van der Waals surface area contributed by atoms with Crippen LogP contribution < -0.4 is 5.56 Å². The van der Waals surface area contributed by atoms with Gasteiger partial charge in [-0.05, 0) is 18.2 Å². The summed E-state index contributed by atoms with van der Waals surface area (Å²) in [6.45, 7) is 0.127. The summed E-state index contributed by atoms with van der Waals surface area (Å²) in [4.78, 5) is 20.6. The molecule has 0 aliphatic rings. The summed E-state index contributed by atoms with van der Waals surface area (Å²) >= 11 is 0. The Balaban J connectivity index is 1.68. The van der Waals surface area contributed by atoms with E-state index >= 15 is 0 Å². The van der Waals surface area contributed by atoms with E-state index in [1.807, 2.05) is 18.2 Å². The van der Waals surface area contributed by atoms with Gasteiger partial charge in [0.15, 0.2) is 0 Å². The SMILES string of the molecule is O=c1c2ccccc2cnn1Cc1nc(-c2ccncc2)no1. The summed E-state index contributed by atoms with van der Waals surface area (Å²) in [6, 6.07) is 10.9. The maximum Gasteiger partial charge on any atom is 0.275 e. The molecule has 4 rings (SSSR count). The Hall–Kier alpha value is -3.35. The normalized spacial score (nSPS) is 11.0. The Morgan fingerprint density at radius 1 is 1.09 bits per heavy atom. The molecule has 3 aromatic heterocycles. The Kier molecular flexibility index (Phi) is 3.16. The minimum absolute atomic E-state index is 0.127. The van der Waals surface area contributed by atoms with Gasteiger partial charge in [0.25, 0.3) is 5.56 Å². The van der Waals surface area contributed by atoms with Crippen molar-refractivity contribution in [3.63, 3.8) is 0 Å². The first kappa shape index (κ1) is 13.3. The first-order chi connectivity index (χ1) is 11.3. The fourth-order valence-electron chi connectivity index (χ4n) is 2.31. The number of benzene rings is 1. The minimum Gasteiger partial charge on any atom is -0.337 e. The number of rotatable bonds is 3. The number of hydrogen-bond donors (Lipinski definition) is 0. The van der Waals surface area contributed by atoms with Crippen LogP contribution in [0.5, 0.6) is 0 Å². The quantitative estimate of drug-likeness (QED) is 0.574. The van der Waals surface area contributed by atoms with Gasteiger partial charge in [0.2, 0.25) is 11.7 Å². The van der Waals surface area contributed by atoms with Crippen LogP contribution >= 0.6 is 0 Å². The molecule has 0 amide bonds. The standard InChI is InChI=1S/C16H11N5O2/c22-16-13-4-2-1-3-12(13)9-18-21(16)10-14-19-15(20-23-14)11-5-7-17-8-6-11/h1-9H,10H2. The van der Waals surface area contributed by atoms with Crippen molar-refractivity contribution in [2.75, 3.05) is 0 Å². The van der Waals surface area contributed by atoms with Crippen LogP contribution in [0.25, 0.3) is 22.2 Å². The lowest BCUT2D eigenvalue weighted by molar-refractivity contribution is 0.363. The summed E-state index contributed by atoms with van der Waals surface area (Å²) in [5, 5.41) is 9.48. The second-order valence-corrected chi connectivity index (χ2v) is 4.94. The largest absolute Gasteiger partial charge is 0.337 e. The Morgan fingerprint density at radius 3 is 2.78 bits per heavy atom. The van der Waals surface area contributed by atoms with E-state index in [9.17, 15) is 4.79 Å². The van der Waals surface area contributed by atoms with Gasteiger partial charge in [0.1, 0.15) is 6.54 Å². The molecule has 0 bridgehead atoms. The smallest absolute Gasteiger partial charge is 0.275 e. The van der Waals surface area contributed by atoms with Crippen molar-refractivity contribution in [1.29, 1.82) is 0 Å². The van der Waals surface area contributed by atoms with Crippen molar-refractivity contribution >= 4 is 10.8 Å². The molecule has 4 aromatic rings. The van der Waals surface area contributed by atoms with Gasteiger partial charge in [-0.3, -0.25) is 9.78 Å². The third kappa shape index (κ3) is 2.48. The second kappa shape index (κ2) is 5.45. The fraction of sp³-hybridized carbons (Fsp3) is 0.0625. The molecular weight excluding hydrogens is 294 g/mol. The van der Waals surface area contributed by atoms with Crippen LogP contribution in [0, 0.1) is 0 Å². The maximum absolute atomic E-state index is 12.4. The summed E-state index contributed by atoms with van der Waals surface area (Å²) in [7, 11) is 0. The average molecular weight is 305 g/mol. The average Bonchev–Trinajstić information content (AvgIpc) is 3.07. The number of nitrogens with zero attached hydrogens (tertiary/aromatic N) is 5.